The number of anilines is 1. The van der Waals surface area contributed by atoms with Crippen molar-refractivity contribution in [1.82, 2.24) is 15.2 Å². The van der Waals surface area contributed by atoms with Crippen molar-refractivity contribution >= 4 is 22.5 Å². The lowest BCUT2D eigenvalue weighted by molar-refractivity contribution is 0.0995. The minimum Gasteiger partial charge on any atom is -0.496 e. The zero-order valence-corrected chi connectivity index (χ0v) is 18.0. The number of nitrogens with zero attached hydrogens (tertiary/aromatic N) is 3. The number of carbonyl (C=O) groups is 1. The largest absolute Gasteiger partial charge is 0.496 e. The first-order valence-electron chi connectivity index (χ1n) is 10.7. The number of halogens is 1. The van der Waals surface area contributed by atoms with E-state index >= 15 is 0 Å². The van der Waals surface area contributed by atoms with Crippen LogP contribution in [0.3, 0.4) is 0 Å². The molecule has 1 aliphatic rings. The quantitative estimate of drug-likeness (QED) is 0.438. The van der Waals surface area contributed by atoms with Crippen molar-refractivity contribution < 1.29 is 13.9 Å². The van der Waals surface area contributed by atoms with Gasteiger partial charge >= 0.3 is 0 Å². The van der Waals surface area contributed by atoms with Crippen LogP contribution in [0.25, 0.3) is 33.3 Å². The van der Waals surface area contributed by atoms with Crippen molar-refractivity contribution in [1.29, 1.82) is 0 Å². The van der Waals surface area contributed by atoms with Gasteiger partial charge in [-0.05, 0) is 60.7 Å². The smallest absolute Gasteiger partial charge is 0.271 e. The fourth-order valence-electron chi connectivity index (χ4n) is 3.87. The molecule has 1 saturated carbocycles. The van der Waals surface area contributed by atoms with Gasteiger partial charge in [0.1, 0.15) is 17.3 Å². The summed E-state index contributed by atoms with van der Waals surface area (Å²) in [7, 11) is 1.57. The molecule has 0 aliphatic heterocycles. The second-order valence-corrected chi connectivity index (χ2v) is 8.09. The lowest BCUT2D eigenvalue weighted by atomic mass is 9.99. The standard InChI is InChI=1S/C25H22FN5O2/c1-33-21-12-16(22-19(26)3-2-10-28-22)7-8-17(21)15-6-9-18-20(11-15)30-31-24(25(27)32)23(18)29-13-14-4-5-14/h2-3,6-12,14H,4-5,13H2,1H3,(H2,27,32)(H,29,30). The van der Waals surface area contributed by atoms with Crippen LogP contribution in [0, 0.1) is 11.7 Å². The minimum atomic E-state index is -0.620. The molecule has 2 aromatic carbocycles. The van der Waals surface area contributed by atoms with Gasteiger partial charge < -0.3 is 15.8 Å². The van der Waals surface area contributed by atoms with Crippen LogP contribution in [0.2, 0.25) is 0 Å². The van der Waals surface area contributed by atoms with Gasteiger partial charge in [0.15, 0.2) is 5.69 Å². The van der Waals surface area contributed by atoms with Crippen molar-refractivity contribution in [2.75, 3.05) is 19.0 Å². The summed E-state index contributed by atoms with van der Waals surface area (Å²) in [6, 6.07) is 14.1. The molecule has 166 valence electrons. The summed E-state index contributed by atoms with van der Waals surface area (Å²) >= 11 is 0. The molecule has 33 heavy (non-hydrogen) atoms. The third-order valence-corrected chi connectivity index (χ3v) is 5.80. The van der Waals surface area contributed by atoms with Gasteiger partial charge in [-0.25, -0.2) is 4.39 Å². The van der Waals surface area contributed by atoms with Crippen LogP contribution in [0.15, 0.2) is 54.7 Å². The number of pyridine rings is 1. The lowest BCUT2D eigenvalue weighted by Crippen LogP contribution is -2.18. The normalized spacial score (nSPS) is 13.2. The Balaban J connectivity index is 1.56. The first kappa shape index (κ1) is 20.8. The summed E-state index contributed by atoms with van der Waals surface area (Å²) < 4.78 is 19.8. The zero-order valence-electron chi connectivity index (χ0n) is 18.0. The SMILES string of the molecule is COc1cc(-c2ncccc2F)ccc1-c1ccc2c(NCC3CC3)c(C(N)=O)nnc2c1. The molecule has 0 radical (unpaired) electrons. The van der Waals surface area contributed by atoms with Crippen LogP contribution >= 0.6 is 0 Å². The van der Waals surface area contributed by atoms with E-state index in [9.17, 15) is 9.18 Å². The highest BCUT2D eigenvalue weighted by Gasteiger charge is 2.23. The molecule has 8 heteroatoms. The molecule has 0 spiro atoms. The number of fused-ring (bicyclic) bond motifs is 1. The summed E-state index contributed by atoms with van der Waals surface area (Å²) in [5, 5.41) is 12.4. The Kier molecular flexibility index (Phi) is 5.34. The number of methoxy groups -OCH3 is 1. The number of primary amides is 1. The monoisotopic (exact) mass is 443 g/mol. The molecule has 1 aliphatic carbocycles. The Morgan fingerprint density at radius 1 is 1.15 bits per heavy atom. The average molecular weight is 443 g/mol. The Labute approximate surface area is 189 Å². The number of benzene rings is 2. The molecule has 1 fully saturated rings. The topological polar surface area (TPSA) is 103 Å². The van der Waals surface area contributed by atoms with Gasteiger partial charge in [0.05, 0.1) is 18.3 Å². The maximum Gasteiger partial charge on any atom is 0.271 e. The molecular formula is C25H22FN5O2. The van der Waals surface area contributed by atoms with Crippen LogP contribution in [-0.4, -0.2) is 34.7 Å². The Morgan fingerprint density at radius 2 is 1.97 bits per heavy atom. The molecule has 0 bridgehead atoms. The number of nitrogens with one attached hydrogen (secondary N) is 1. The minimum absolute atomic E-state index is 0.134. The van der Waals surface area contributed by atoms with Crippen LogP contribution in [0.1, 0.15) is 23.3 Å². The van der Waals surface area contributed by atoms with Crippen molar-refractivity contribution in [2.24, 2.45) is 11.7 Å². The van der Waals surface area contributed by atoms with E-state index in [-0.39, 0.29) is 11.4 Å². The van der Waals surface area contributed by atoms with Crippen molar-refractivity contribution in [3.05, 3.63) is 66.2 Å². The molecule has 0 atom stereocenters. The Bertz CT molecular complexity index is 1370. The number of amides is 1. The summed E-state index contributed by atoms with van der Waals surface area (Å²) in [5.74, 6) is 0.168. The maximum atomic E-state index is 14.2. The highest BCUT2D eigenvalue weighted by Crippen LogP contribution is 2.37. The van der Waals surface area contributed by atoms with E-state index in [1.54, 1.807) is 31.5 Å². The highest BCUT2D eigenvalue weighted by molar-refractivity contribution is 6.05. The van der Waals surface area contributed by atoms with Gasteiger partial charge in [0.25, 0.3) is 5.91 Å². The van der Waals surface area contributed by atoms with E-state index in [0.29, 0.717) is 28.4 Å². The third-order valence-electron chi connectivity index (χ3n) is 5.80. The van der Waals surface area contributed by atoms with E-state index in [1.807, 2.05) is 24.3 Å². The summed E-state index contributed by atoms with van der Waals surface area (Å²) in [5.41, 5.74) is 9.44. The summed E-state index contributed by atoms with van der Waals surface area (Å²) in [6.07, 6.45) is 3.91. The number of carbonyl (C=O) groups excluding carboxylic acids is 1. The third kappa shape index (κ3) is 4.07. The fourth-order valence-corrected chi connectivity index (χ4v) is 3.87. The van der Waals surface area contributed by atoms with Crippen LogP contribution in [0.4, 0.5) is 10.1 Å². The maximum absolute atomic E-state index is 14.2. The molecule has 2 heterocycles. The first-order valence-corrected chi connectivity index (χ1v) is 10.7. The number of hydrogen-bond donors (Lipinski definition) is 2. The first-order chi connectivity index (χ1) is 16.0. The second kappa shape index (κ2) is 8.46. The van der Waals surface area contributed by atoms with Crippen LogP contribution in [0.5, 0.6) is 5.75 Å². The molecule has 0 unspecified atom stereocenters. The van der Waals surface area contributed by atoms with Crippen molar-refractivity contribution in [3.63, 3.8) is 0 Å². The molecule has 3 N–H and O–H groups in total. The second-order valence-electron chi connectivity index (χ2n) is 8.09. The lowest BCUT2D eigenvalue weighted by Gasteiger charge is -2.14. The number of ether oxygens (including phenoxy) is 1. The number of hydrogen-bond acceptors (Lipinski definition) is 6. The number of rotatable bonds is 7. The van der Waals surface area contributed by atoms with E-state index in [1.165, 1.54) is 18.9 Å². The van der Waals surface area contributed by atoms with E-state index in [2.05, 4.69) is 20.5 Å². The number of aromatic nitrogens is 3. The summed E-state index contributed by atoms with van der Waals surface area (Å²) in [4.78, 5) is 16.0. The van der Waals surface area contributed by atoms with E-state index in [4.69, 9.17) is 10.5 Å². The van der Waals surface area contributed by atoms with Gasteiger partial charge in [0.2, 0.25) is 0 Å². The van der Waals surface area contributed by atoms with Gasteiger partial charge in [-0.1, -0.05) is 12.1 Å². The highest BCUT2D eigenvalue weighted by atomic mass is 19.1. The van der Waals surface area contributed by atoms with E-state index < -0.39 is 11.7 Å². The zero-order chi connectivity index (χ0) is 22.9. The molecule has 2 aromatic heterocycles. The molecule has 0 saturated heterocycles. The predicted molar refractivity (Wildman–Crippen MR) is 124 cm³/mol. The summed E-state index contributed by atoms with van der Waals surface area (Å²) in [6.45, 7) is 0.766. The Hall–Kier alpha value is -4.07. The molecular weight excluding hydrogens is 421 g/mol. The van der Waals surface area contributed by atoms with Crippen LogP contribution < -0.4 is 15.8 Å². The van der Waals surface area contributed by atoms with Gasteiger partial charge in [-0.15, -0.1) is 10.2 Å². The van der Waals surface area contributed by atoms with Gasteiger partial charge in [-0.3, -0.25) is 9.78 Å². The number of nitrogens with two attached hydrogens (primary N) is 1. The van der Waals surface area contributed by atoms with Crippen molar-refractivity contribution in [3.8, 4) is 28.1 Å². The molecule has 4 aromatic rings. The van der Waals surface area contributed by atoms with Gasteiger partial charge in [0, 0.05) is 29.3 Å². The van der Waals surface area contributed by atoms with E-state index in [0.717, 1.165) is 23.1 Å². The average Bonchev–Trinajstić information content (AvgIpc) is 3.66. The molecule has 7 nitrogen and oxygen atoms in total. The van der Waals surface area contributed by atoms with Gasteiger partial charge in [-0.2, -0.15) is 0 Å². The Morgan fingerprint density at radius 3 is 2.70 bits per heavy atom. The predicted octanol–water partition coefficient (Wildman–Crippen LogP) is 4.43. The van der Waals surface area contributed by atoms with Crippen molar-refractivity contribution in [2.45, 2.75) is 12.8 Å². The molecule has 1 amide bonds. The fraction of sp³-hybridized carbons (Fsp3) is 0.200. The van der Waals surface area contributed by atoms with Crippen LogP contribution in [-0.2, 0) is 0 Å². The molecule has 5 rings (SSSR count).